The number of hydrogen-bond acceptors (Lipinski definition) is 6. The number of amides is 1. The largest absolute Gasteiger partial charge is 0.481 e. The average Bonchev–Trinajstić information content (AvgIpc) is 2.80. The molecule has 0 saturated carbocycles. The van der Waals surface area contributed by atoms with Crippen molar-refractivity contribution in [1.29, 1.82) is 5.26 Å². The van der Waals surface area contributed by atoms with Crippen LogP contribution in [0.25, 0.3) is 0 Å². The summed E-state index contributed by atoms with van der Waals surface area (Å²) < 4.78 is 17.1. The van der Waals surface area contributed by atoms with Crippen LogP contribution in [0.5, 0.6) is 17.2 Å². The zero-order valence-corrected chi connectivity index (χ0v) is 17.0. The van der Waals surface area contributed by atoms with Crippen molar-refractivity contribution in [2.75, 3.05) is 24.7 Å². The molecule has 1 heterocycles. The van der Waals surface area contributed by atoms with Crippen molar-refractivity contribution < 1.29 is 28.9 Å². The third-order valence-corrected chi connectivity index (χ3v) is 4.25. The second-order valence-electron chi connectivity index (χ2n) is 7.63. The van der Waals surface area contributed by atoms with E-state index in [1.165, 1.54) is 11.0 Å². The molecule has 8 nitrogen and oxygen atoms in total. The van der Waals surface area contributed by atoms with Crippen LogP contribution in [-0.2, 0) is 9.53 Å². The van der Waals surface area contributed by atoms with Gasteiger partial charge < -0.3 is 24.2 Å². The van der Waals surface area contributed by atoms with Crippen molar-refractivity contribution in [3.63, 3.8) is 0 Å². The first-order chi connectivity index (χ1) is 14.2. The molecule has 0 aliphatic carbocycles. The van der Waals surface area contributed by atoms with E-state index >= 15 is 0 Å². The number of fused-ring (bicyclic) bond motifs is 2. The molecular weight excluding hydrogens is 388 g/mol. The Kier molecular flexibility index (Phi) is 5.94. The molecular formula is C22H22N2O6. The van der Waals surface area contributed by atoms with Gasteiger partial charge in [0.2, 0.25) is 0 Å². The number of nitriles is 1. The lowest BCUT2D eigenvalue weighted by atomic mass is 10.1. The normalized spacial score (nSPS) is 12.9. The fourth-order valence-corrected chi connectivity index (χ4v) is 2.98. The Hall–Kier alpha value is -3.57. The molecule has 0 radical (unpaired) electrons. The van der Waals surface area contributed by atoms with E-state index in [9.17, 15) is 14.9 Å². The van der Waals surface area contributed by atoms with Gasteiger partial charge in [-0.25, -0.2) is 4.79 Å². The van der Waals surface area contributed by atoms with Gasteiger partial charge in [0.15, 0.2) is 12.4 Å². The minimum absolute atomic E-state index is 0.106. The second kappa shape index (κ2) is 8.43. The molecule has 0 spiro atoms. The fraction of sp³-hybridized carbons (Fsp3) is 0.318. The van der Waals surface area contributed by atoms with Crippen LogP contribution in [0.4, 0.5) is 5.69 Å². The van der Waals surface area contributed by atoms with E-state index in [-0.39, 0.29) is 30.2 Å². The Morgan fingerprint density at radius 1 is 1.23 bits per heavy atom. The molecule has 0 aromatic heterocycles. The van der Waals surface area contributed by atoms with E-state index in [1.54, 1.807) is 30.3 Å². The number of hydrogen-bond donors (Lipinski definition) is 1. The Labute approximate surface area is 174 Å². The number of benzene rings is 2. The summed E-state index contributed by atoms with van der Waals surface area (Å²) in [6.45, 7) is 5.59. The number of anilines is 1. The van der Waals surface area contributed by atoms with Gasteiger partial charge in [0.1, 0.15) is 17.1 Å². The first-order valence-electron chi connectivity index (χ1n) is 9.35. The van der Waals surface area contributed by atoms with E-state index < -0.39 is 24.1 Å². The molecule has 1 amide bonds. The summed E-state index contributed by atoms with van der Waals surface area (Å²) in [4.78, 5) is 25.9. The van der Waals surface area contributed by atoms with E-state index in [2.05, 4.69) is 6.07 Å². The average molecular weight is 410 g/mol. The number of aliphatic carboxylic acids is 1. The summed E-state index contributed by atoms with van der Waals surface area (Å²) in [6, 6.07) is 11.6. The minimum atomic E-state index is -1.16. The number of carbonyl (C=O) groups excluding carboxylic acids is 1. The van der Waals surface area contributed by atoms with Gasteiger partial charge in [0, 0.05) is 6.54 Å². The summed E-state index contributed by atoms with van der Waals surface area (Å²) >= 11 is 0. The molecule has 0 unspecified atom stereocenters. The topological polar surface area (TPSA) is 109 Å². The molecule has 8 heteroatoms. The van der Waals surface area contributed by atoms with Crippen molar-refractivity contribution in [2.24, 2.45) is 0 Å². The van der Waals surface area contributed by atoms with Crippen molar-refractivity contribution in [2.45, 2.75) is 26.4 Å². The quantitative estimate of drug-likeness (QED) is 0.775. The lowest BCUT2D eigenvalue weighted by molar-refractivity contribution is -0.139. The number of carboxylic acid groups (broad SMARTS) is 1. The SMILES string of the molecule is CC(C)(C)OCCN1C(=O)c2c(OCC(=O)O)cccc2Oc2ccc(C#N)cc21. The van der Waals surface area contributed by atoms with E-state index in [4.69, 9.17) is 19.3 Å². The lowest BCUT2D eigenvalue weighted by Gasteiger charge is -2.25. The van der Waals surface area contributed by atoms with Gasteiger partial charge in [-0.3, -0.25) is 4.79 Å². The number of ether oxygens (including phenoxy) is 3. The van der Waals surface area contributed by atoms with Crippen LogP contribution in [-0.4, -0.2) is 42.3 Å². The Balaban J connectivity index is 2.05. The Morgan fingerprint density at radius 3 is 2.67 bits per heavy atom. The first kappa shape index (κ1) is 21.1. The number of nitrogens with zero attached hydrogens (tertiary/aromatic N) is 2. The van der Waals surface area contributed by atoms with Gasteiger partial charge in [-0.2, -0.15) is 5.26 Å². The predicted molar refractivity (Wildman–Crippen MR) is 108 cm³/mol. The van der Waals surface area contributed by atoms with Crippen molar-refractivity contribution in [3.05, 3.63) is 47.5 Å². The smallest absolute Gasteiger partial charge is 0.341 e. The summed E-state index contributed by atoms with van der Waals surface area (Å²) in [6.07, 6.45) is 0. The maximum absolute atomic E-state index is 13.5. The van der Waals surface area contributed by atoms with Gasteiger partial charge in [-0.05, 0) is 51.1 Å². The Morgan fingerprint density at radius 2 is 2.00 bits per heavy atom. The van der Waals surface area contributed by atoms with Crippen molar-refractivity contribution >= 4 is 17.6 Å². The van der Waals surface area contributed by atoms with Gasteiger partial charge >= 0.3 is 5.97 Å². The zero-order valence-electron chi connectivity index (χ0n) is 17.0. The maximum atomic E-state index is 13.5. The number of rotatable bonds is 6. The summed E-state index contributed by atoms with van der Waals surface area (Å²) in [7, 11) is 0. The van der Waals surface area contributed by atoms with Crippen molar-refractivity contribution in [3.8, 4) is 23.3 Å². The van der Waals surface area contributed by atoms with E-state index in [0.29, 0.717) is 17.0 Å². The highest BCUT2D eigenvalue weighted by molar-refractivity contribution is 6.11. The minimum Gasteiger partial charge on any atom is -0.481 e. The molecule has 1 aliphatic heterocycles. The maximum Gasteiger partial charge on any atom is 0.341 e. The predicted octanol–water partition coefficient (Wildman–Crippen LogP) is 3.59. The fourth-order valence-electron chi connectivity index (χ4n) is 2.98. The monoisotopic (exact) mass is 410 g/mol. The van der Waals surface area contributed by atoms with Crippen LogP contribution >= 0.6 is 0 Å². The number of carbonyl (C=O) groups is 2. The molecule has 0 saturated heterocycles. The Bertz CT molecular complexity index is 1020. The van der Waals surface area contributed by atoms with Crippen LogP contribution < -0.4 is 14.4 Å². The second-order valence-corrected chi connectivity index (χ2v) is 7.63. The molecule has 1 aliphatic rings. The van der Waals surface area contributed by atoms with Crippen LogP contribution in [0.15, 0.2) is 36.4 Å². The van der Waals surface area contributed by atoms with Gasteiger partial charge in [0.25, 0.3) is 5.91 Å². The highest BCUT2D eigenvalue weighted by Crippen LogP contribution is 2.42. The van der Waals surface area contributed by atoms with Gasteiger partial charge in [-0.15, -0.1) is 0 Å². The third-order valence-electron chi connectivity index (χ3n) is 4.25. The summed E-state index contributed by atoms with van der Waals surface area (Å²) in [5, 5.41) is 18.2. The van der Waals surface area contributed by atoms with Crippen LogP contribution in [0.2, 0.25) is 0 Å². The van der Waals surface area contributed by atoms with E-state index in [1.807, 2.05) is 20.8 Å². The molecule has 2 aromatic carbocycles. The molecule has 0 fully saturated rings. The van der Waals surface area contributed by atoms with Crippen molar-refractivity contribution in [1.82, 2.24) is 0 Å². The molecule has 0 atom stereocenters. The summed E-state index contributed by atoms with van der Waals surface area (Å²) in [5.74, 6) is -0.848. The highest BCUT2D eigenvalue weighted by atomic mass is 16.5. The molecule has 156 valence electrons. The molecule has 3 rings (SSSR count). The highest BCUT2D eigenvalue weighted by Gasteiger charge is 2.31. The molecule has 1 N–H and O–H groups in total. The van der Waals surface area contributed by atoms with Crippen LogP contribution in [0, 0.1) is 11.3 Å². The zero-order chi connectivity index (χ0) is 21.9. The third kappa shape index (κ3) is 4.70. The molecule has 0 bridgehead atoms. The standard InChI is InChI=1S/C22H22N2O6/c1-22(2,3)29-10-9-24-15-11-14(12-23)7-8-16(15)30-18-6-4-5-17(20(18)21(24)27)28-13-19(25)26/h4-8,11H,9-10,13H2,1-3H3,(H,25,26). The lowest BCUT2D eigenvalue weighted by Crippen LogP contribution is -2.35. The van der Waals surface area contributed by atoms with Crippen LogP contribution in [0.3, 0.4) is 0 Å². The first-order valence-corrected chi connectivity index (χ1v) is 9.35. The summed E-state index contributed by atoms with van der Waals surface area (Å²) in [5.41, 5.74) is 0.525. The van der Waals surface area contributed by atoms with Crippen LogP contribution in [0.1, 0.15) is 36.7 Å². The number of carboxylic acids is 1. The molecule has 30 heavy (non-hydrogen) atoms. The van der Waals surface area contributed by atoms with Gasteiger partial charge in [-0.1, -0.05) is 6.07 Å². The van der Waals surface area contributed by atoms with Gasteiger partial charge in [0.05, 0.1) is 29.5 Å². The van der Waals surface area contributed by atoms with E-state index in [0.717, 1.165) is 0 Å². The molecule has 2 aromatic rings.